The minimum atomic E-state index is -0.967. The van der Waals surface area contributed by atoms with E-state index >= 15 is 0 Å². The Morgan fingerprint density at radius 1 is 1.26 bits per heavy atom. The summed E-state index contributed by atoms with van der Waals surface area (Å²) in [7, 11) is 3.51. The quantitative estimate of drug-likeness (QED) is 0.721. The molecule has 164 valence electrons. The highest BCUT2D eigenvalue weighted by atomic mass is 35.5. The van der Waals surface area contributed by atoms with Crippen molar-refractivity contribution < 1.29 is 19.1 Å². The number of pyridine rings is 1. The number of hydrogen-bond donors (Lipinski definition) is 1. The van der Waals surface area contributed by atoms with Crippen LogP contribution in [0.2, 0.25) is 10.0 Å². The zero-order chi connectivity index (χ0) is 22.1. The highest BCUT2D eigenvalue weighted by molar-refractivity contribution is 6.31. The Labute approximate surface area is 188 Å². The van der Waals surface area contributed by atoms with E-state index in [1.165, 1.54) is 17.3 Å². The fourth-order valence-electron chi connectivity index (χ4n) is 3.34. The molecule has 2 aromatic rings. The number of aromatic nitrogens is 3. The van der Waals surface area contributed by atoms with Gasteiger partial charge in [-0.05, 0) is 7.05 Å². The van der Waals surface area contributed by atoms with E-state index < -0.39 is 17.9 Å². The Kier molecular flexibility index (Phi) is 6.24. The molecule has 1 fully saturated rings. The Morgan fingerprint density at radius 2 is 2.06 bits per heavy atom. The van der Waals surface area contributed by atoms with Gasteiger partial charge in [-0.25, -0.2) is 15.0 Å². The van der Waals surface area contributed by atoms with E-state index in [9.17, 15) is 9.59 Å². The molecular formula is C19H20Cl2N6O4. The van der Waals surface area contributed by atoms with Crippen LogP contribution in [0, 0.1) is 0 Å². The summed E-state index contributed by atoms with van der Waals surface area (Å²) in [6, 6.07) is 0.596. The van der Waals surface area contributed by atoms with Gasteiger partial charge >= 0.3 is 0 Å². The predicted molar refractivity (Wildman–Crippen MR) is 113 cm³/mol. The van der Waals surface area contributed by atoms with Crippen molar-refractivity contribution in [2.75, 3.05) is 45.3 Å². The third-order valence-corrected chi connectivity index (χ3v) is 5.50. The Bertz CT molecular complexity index is 1020. The third-order valence-electron chi connectivity index (χ3n) is 5.01. The molecule has 0 aromatic carbocycles. The molecule has 0 spiro atoms. The minimum Gasteiger partial charge on any atom is -0.487 e. The number of hydrogen-bond acceptors (Lipinski definition) is 8. The van der Waals surface area contributed by atoms with Crippen molar-refractivity contribution in [1.29, 1.82) is 0 Å². The summed E-state index contributed by atoms with van der Waals surface area (Å²) >= 11 is 12.2. The Hall–Kier alpha value is -2.53. The van der Waals surface area contributed by atoms with Crippen molar-refractivity contribution in [2.45, 2.75) is 12.1 Å². The molecule has 0 bridgehead atoms. The summed E-state index contributed by atoms with van der Waals surface area (Å²) in [6.45, 7) is 1.82. The number of nitrogens with one attached hydrogen (secondary N) is 1. The van der Waals surface area contributed by atoms with Crippen LogP contribution in [0.25, 0.3) is 0 Å². The van der Waals surface area contributed by atoms with E-state index in [1.807, 2.05) is 7.05 Å². The number of carbonyl (C=O) groups excluding carboxylic acids is 2. The fourth-order valence-corrected chi connectivity index (χ4v) is 3.70. The molecule has 2 aliphatic heterocycles. The van der Waals surface area contributed by atoms with Gasteiger partial charge in [0.2, 0.25) is 5.82 Å². The van der Waals surface area contributed by atoms with Gasteiger partial charge in [-0.2, -0.15) is 0 Å². The van der Waals surface area contributed by atoms with Crippen molar-refractivity contribution in [3.8, 4) is 5.75 Å². The topological polar surface area (TPSA) is 110 Å². The van der Waals surface area contributed by atoms with E-state index in [0.29, 0.717) is 40.5 Å². The van der Waals surface area contributed by atoms with Crippen LogP contribution in [0.1, 0.15) is 22.4 Å². The number of ether oxygens (including phenoxy) is 2. The van der Waals surface area contributed by atoms with E-state index in [1.54, 1.807) is 13.1 Å². The molecule has 1 N–H and O–H groups in total. The molecule has 2 amide bonds. The molecule has 12 heteroatoms. The second kappa shape index (κ2) is 8.91. The molecular weight excluding hydrogens is 447 g/mol. The summed E-state index contributed by atoms with van der Waals surface area (Å²) in [5.74, 6) is -0.476. The number of anilines is 1. The second-order valence-electron chi connectivity index (χ2n) is 7.26. The summed E-state index contributed by atoms with van der Waals surface area (Å²) in [5, 5.41) is 3.31. The summed E-state index contributed by atoms with van der Waals surface area (Å²) in [4.78, 5) is 41.5. The van der Waals surface area contributed by atoms with Gasteiger partial charge in [0.05, 0.1) is 28.5 Å². The maximum Gasteiger partial charge on any atom is 0.289 e. The molecule has 31 heavy (non-hydrogen) atoms. The number of morpholine rings is 1. The maximum atomic E-state index is 12.8. The number of amides is 2. The summed E-state index contributed by atoms with van der Waals surface area (Å²) < 4.78 is 11.4. The monoisotopic (exact) mass is 466 g/mol. The van der Waals surface area contributed by atoms with E-state index in [2.05, 4.69) is 25.2 Å². The van der Waals surface area contributed by atoms with E-state index in [0.717, 1.165) is 6.54 Å². The van der Waals surface area contributed by atoms with Gasteiger partial charge in [0.15, 0.2) is 11.6 Å². The minimum absolute atomic E-state index is 0.0963. The number of likely N-dealkylation sites (N-methyl/N-ethyl adjacent to an activating group) is 2. The van der Waals surface area contributed by atoms with Gasteiger partial charge in [-0.15, -0.1) is 0 Å². The second-order valence-corrected chi connectivity index (χ2v) is 8.10. The normalized spacial score (nSPS) is 21.8. The molecule has 2 unspecified atom stereocenters. The number of nitrogens with zero attached hydrogens (tertiary/aromatic N) is 5. The van der Waals surface area contributed by atoms with Crippen molar-refractivity contribution in [3.05, 3.63) is 40.0 Å². The first kappa shape index (κ1) is 21.7. The SMILES string of the molecule is CN1CCOC(c2nc(C(=O)NC3COc4cc(Cl)cnc4N(C)C3=O)ncc2Cl)C1. The highest BCUT2D eigenvalue weighted by Gasteiger charge is 2.33. The largest absolute Gasteiger partial charge is 0.487 e. The van der Waals surface area contributed by atoms with Crippen LogP contribution in [0.4, 0.5) is 5.82 Å². The third kappa shape index (κ3) is 4.57. The van der Waals surface area contributed by atoms with Crippen molar-refractivity contribution in [3.63, 3.8) is 0 Å². The van der Waals surface area contributed by atoms with Crippen molar-refractivity contribution >= 4 is 40.8 Å². The van der Waals surface area contributed by atoms with Crippen LogP contribution in [-0.4, -0.2) is 78.1 Å². The van der Waals surface area contributed by atoms with Gasteiger partial charge in [-0.3, -0.25) is 14.5 Å². The lowest BCUT2D eigenvalue weighted by molar-refractivity contribution is -0.120. The van der Waals surface area contributed by atoms with Gasteiger partial charge in [0.1, 0.15) is 18.8 Å². The Balaban J connectivity index is 1.52. The van der Waals surface area contributed by atoms with Crippen LogP contribution in [-0.2, 0) is 9.53 Å². The predicted octanol–water partition coefficient (Wildman–Crippen LogP) is 1.34. The molecule has 4 rings (SSSR count). The van der Waals surface area contributed by atoms with Crippen LogP contribution < -0.4 is 15.0 Å². The van der Waals surface area contributed by atoms with E-state index in [4.69, 9.17) is 32.7 Å². The average molecular weight is 467 g/mol. The summed E-state index contributed by atoms with van der Waals surface area (Å²) in [5.41, 5.74) is 0.431. The standard InChI is InChI=1S/C19H20Cl2N6O4/c1-26-3-4-30-14(8-26)15-11(21)7-22-16(25-15)18(28)24-12-9-31-13-5-10(20)6-23-17(13)27(2)19(12)29/h5-7,12,14H,3-4,8-9H2,1-2H3,(H,24,28). The first-order valence-electron chi connectivity index (χ1n) is 9.53. The smallest absolute Gasteiger partial charge is 0.289 e. The van der Waals surface area contributed by atoms with Crippen LogP contribution in [0.5, 0.6) is 5.75 Å². The number of rotatable bonds is 3. The van der Waals surface area contributed by atoms with Crippen LogP contribution in [0.3, 0.4) is 0 Å². The number of fused-ring (bicyclic) bond motifs is 1. The van der Waals surface area contributed by atoms with Crippen LogP contribution in [0.15, 0.2) is 18.5 Å². The Morgan fingerprint density at radius 3 is 2.84 bits per heavy atom. The number of halogens is 2. The molecule has 0 saturated carbocycles. The zero-order valence-electron chi connectivity index (χ0n) is 16.8. The molecule has 0 aliphatic carbocycles. The zero-order valence-corrected chi connectivity index (χ0v) is 18.4. The van der Waals surface area contributed by atoms with Gasteiger partial charge in [0, 0.05) is 32.4 Å². The summed E-state index contributed by atoms with van der Waals surface area (Å²) in [6.07, 6.45) is 2.40. The maximum absolute atomic E-state index is 12.8. The average Bonchev–Trinajstić information content (AvgIpc) is 2.86. The molecule has 2 aromatic heterocycles. The van der Waals surface area contributed by atoms with Crippen LogP contribution >= 0.6 is 23.2 Å². The van der Waals surface area contributed by atoms with Crippen molar-refractivity contribution in [2.24, 2.45) is 0 Å². The van der Waals surface area contributed by atoms with Gasteiger partial charge in [-0.1, -0.05) is 23.2 Å². The lowest BCUT2D eigenvalue weighted by Crippen LogP contribution is -2.49. The van der Waals surface area contributed by atoms with Crippen molar-refractivity contribution in [1.82, 2.24) is 25.2 Å². The van der Waals surface area contributed by atoms with Gasteiger partial charge < -0.3 is 19.7 Å². The number of carbonyl (C=O) groups is 2. The fraction of sp³-hybridized carbons (Fsp3) is 0.421. The van der Waals surface area contributed by atoms with E-state index in [-0.39, 0.29) is 18.5 Å². The van der Waals surface area contributed by atoms with Gasteiger partial charge in [0.25, 0.3) is 11.8 Å². The molecule has 10 nitrogen and oxygen atoms in total. The molecule has 4 heterocycles. The molecule has 2 aliphatic rings. The highest BCUT2D eigenvalue weighted by Crippen LogP contribution is 2.30. The first-order valence-corrected chi connectivity index (χ1v) is 10.3. The first-order chi connectivity index (χ1) is 14.8. The molecule has 1 saturated heterocycles. The lowest BCUT2D eigenvalue weighted by atomic mass is 10.2. The molecule has 0 radical (unpaired) electrons. The lowest BCUT2D eigenvalue weighted by Gasteiger charge is -2.30. The molecule has 2 atom stereocenters.